The van der Waals surface area contributed by atoms with E-state index in [-0.39, 0.29) is 16.7 Å². The highest BCUT2D eigenvalue weighted by Crippen LogP contribution is 2.28. The first-order valence-corrected chi connectivity index (χ1v) is 9.64. The minimum atomic E-state index is -0.546. The second-order valence-corrected chi connectivity index (χ2v) is 7.46. The van der Waals surface area contributed by atoms with Gasteiger partial charge in [-0.1, -0.05) is 28.9 Å². The Kier molecular flexibility index (Phi) is 6.61. The summed E-state index contributed by atoms with van der Waals surface area (Å²) in [7, 11) is 0. The van der Waals surface area contributed by atoms with Gasteiger partial charge in [0.05, 0.1) is 24.1 Å². The first kappa shape index (κ1) is 19.5. The molecule has 1 fully saturated rings. The van der Waals surface area contributed by atoms with E-state index in [1.807, 2.05) is 0 Å². The fraction of sp³-hybridized carbons (Fsp3) is 0.389. The maximum atomic E-state index is 13.7. The van der Waals surface area contributed by atoms with Gasteiger partial charge in [0.1, 0.15) is 10.0 Å². The number of pyridine rings is 1. The van der Waals surface area contributed by atoms with Crippen LogP contribution in [-0.2, 0) is 4.74 Å². The number of carbonyl (C=O) groups is 1. The maximum absolute atomic E-state index is 13.7. The molecule has 2 amide bonds. The number of amides is 2. The van der Waals surface area contributed by atoms with Crippen molar-refractivity contribution in [3.63, 3.8) is 0 Å². The standard InChI is InChI=1S/C18H18ClFN4O2S/c1-11-15(5-4-13-8-16(19)22-9-14(13)20)27-18(23-11)24-17(25)21-6-7-26-10-12-2-3-12/h8-9,12H,2-3,6-7,10H2,1H3,(H2,21,23,24,25). The number of ether oxygens (including phenoxy) is 1. The van der Waals surface area contributed by atoms with E-state index in [4.69, 9.17) is 16.3 Å². The van der Waals surface area contributed by atoms with Crippen LogP contribution in [-0.4, -0.2) is 35.8 Å². The zero-order chi connectivity index (χ0) is 19.2. The lowest BCUT2D eigenvalue weighted by Gasteiger charge is -2.05. The number of nitrogens with zero attached hydrogens (tertiary/aromatic N) is 2. The Balaban J connectivity index is 1.52. The molecule has 0 unspecified atom stereocenters. The lowest BCUT2D eigenvalue weighted by atomic mass is 10.2. The minimum Gasteiger partial charge on any atom is -0.379 e. The normalized spacial score (nSPS) is 13.0. The first-order valence-electron chi connectivity index (χ1n) is 8.44. The molecule has 2 N–H and O–H groups in total. The first-order chi connectivity index (χ1) is 13.0. The Hall–Kier alpha value is -2.21. The number of aryl methyl sites for hydroxylation is 1. The summed E-state index contributed by atoms with van der Waals surface area (Å²) in [5, 5.41) is 5.96. The molecule has 1 saturated carbocycles. The Morgan fingerprint density at radius 2 is 2.30 bits per heavy atom. The van der Waals surface area contributed by atoms with Gasteiger partial charge in [-0.3, -0.25) is 5.32 Å². The minimum absolute atomic E-state index is 0.154. The van der Waals surface area contributed by atoms with Crippen LogP contribution >= 0.6 is 22.9 Å². The number of rotatable bonds is 6. The molecule has 0 bridgehead atoms. The number of nitrogens with one attached hydrogen (secondary N) is 2. The van der Waals surface area contributed by atoms with Crippen molar-refractivity contribution in [2.24, 2.45) is 5.92 Å². The second-order valence-electron chi connectivity index (χ2n) is 6.07. The summed E-state index contributed by atoms with van der Waals surface area (Å²) in [5.74, 6) is 5.73. The van der Waals surface area contributed by atoms with E-state index in [0.29, 0.717) is 34.8 Å². The third-order valence-corrected chi connectivity index (χ3v) is 4.93. The molecule has 1 aliphatic carbocycles. The fourth-order valence-electron chi connectivity index (χ4n) is 2.11. The maximum Gasteiger partial charge on any atom is 0.321 e. The monoisotopic (exact) mass is 408 g/mol. The van der Waals surface area contributed by atoms with Gasteiger partial charge in [0, 0.05) is 13.2 Å². The molecule has 0 radical (unpaired) electrons. The Bertz CT molecular complexity index is 889. The van der Waals surface area contributed by atoms with Crippen LogP contribution in [0.2, 0.25) is 5.15 Å². The van der Waals surface area contributed by atoms with Crippen LogP contribution < -0.4 is 10.6 Å². The van der Waals surface area contributed by atoms with Crippen LogP contribution in [0.3, 0.4) is 0 Å². The van der Waals surface area contributed by atoms with Crippen LogP contribution in [0, 0.1) is 30.5 Å². The van der Waals surface area contributed by atoms with Gasteiger partial charge in [-0.2, -0.15) is 0 Å². The number of carbonyl (C=O) groups excluding carboxylic acids is 1. The molecule has 0 aromatic carbocycles. The molecule has 6 nitrogen and oxygen atoms in total. The third-order valence-electron chi connectivity index (χ3n) is 3.73. The molecule has 2 aromatic heterocycles. The van der Waals surface area contributed by atoms with Gasteiger partial charge in [0.2, 0.25) is 0 Å². The van der Waals surface area contributed by atoms with E-state index in [2.05, 4.69) is 32.4 Å². The molecule has 0 atom stereocenters. The molecule has 0 spiro atoms. The van der Waals surface area contributed by atoms with Gasteiger partial charge in [0.15, 0.2) is 10.9 Å². The predicted octanol–water partition coefficient (Wildman–Crippen LogP) is 3.59. The quantitative estimate of drug-likeness (QED) is 0.435. The van der Waals surface area contributed by atoms with Gasteiger partial charge in [0.25, 0.3) is 0 Å². The van der Waals surface area contributed by atoms with Crippen molar-refractivity contribution in [1.29, 1.82) is 0 Å². The number of thiazole rings is 1. The highest BCUT2D eigenvalue weighted by Gasteiger charge is 2.20. The van der Waals surface area contributed by atoms with Crippen LogP contribution in [0.15, 0.2) is 12.3 Å². The Labute approximate surface area is 165 Å². The van der Waals surface area contributed by atoms with E-state index in [9.17, 15) is 9.18 Å². The number of halogens is 2. The van der Waals surface area contributed by atoms with Crippen molar-refractivity contribution in [1.82, 2.24) is 15.3 Å². The second kappa shape index (κ2) is 9.13. The molecular weight excluding hydrogens is 391 g/mol. The van der Waals surface area contributed by atoms with Gasteiger partial charge in [-0.25, -0.2) is 19.2 Å². The van der Waals surface area contributed by atoms with Crippen molar-refractivity contribution in [3.05, 3.63) is 39.4 Å². The van der Waals surface area contributed by atoms with Crippen LogP contribution in [0.4, 0.5) is 14.3 Å². The average Bonchev–Trinajstić information content (AvgIpc) is 3.38. The van der Waals surface area contributed by atoms with Crippen molar-refractivity contribution in [2.45, 2.75) is 19.8 Å². The van der Waals surface area contributed by atoms with Crippen molar-refractivity contribution >= 4 is 34.1 Å². The van der Waals surface area contributed by atoms with E-state index >= 15 is 0 Å². The fourth-order valence-corrected chi connectivity index (χ4v) is 3.08. The van der Waals surface area contributed by atoms with Crippen molar-refractivity contribution in [2.75, 3.05) is 25.1 Å². The summed E-state index contributed by atoms with van der Waals surface area (Å²) >= 11 is 6.97. The summed E-state index contributed by atoms with van der Waals surface area (Å²) in [6, 6.07) is 1.00. The van der Waals surface area contributed by atoms with Gasteiger partial charge < -0.3 is 10.1 Å². The molecule has 0 aliphatic heterocycles. The molecule has 9 heteroatoms. The molecule has 142 valence electrons. The zero-order valence-electron chi connectivity index (χ0n) is 14.6. The third kappa shape index (κ3) is 6.17. The summed E-state index contributed by atoms with van der Waals surface area (Å²) in [5.41, 5.74) is 0.803. The van der Waals surface area contributed by atoms with Crippen LogP contribution in [0.1, 0.15) is 29.0 Å². The predicted molar refractivity (Wildman–Crippen MR) is 103 cm³/mol. The summed E-state index contributed by atoms with van der Waals surface area (Å²) in [6.07, 6.45) is 3.50. The molecule has 1 aliphatic rings. The summed E-state index contributed by atoms with van der Waals surface area (Å²) in [4.78, 5) is 20.4. The highest BCUT2D eigenvalue weighted by molar-refractivity contribution is 7.16. The summed E-state index contributed by atoms with van der Waals surface area (Å²) in [6.45, 7) is 3.45. The van der Waals surface area contributed by atoms with Gasteiger partial charge >= 0.3 is 6.03 Å². The Morgan fingerprint density at radius 3 is 3.07 bits per heavy atom. The molecular formula is C18H18ClFN4O2S. The number of aromatic nitrogens is 2. The number of hydrogen-bond donors (Lipinski definition) is 2. The molecule has 27 heavy (non-hydrogen) atoms. The van der Waals surface area contributed by atoms with Crippen molar-refractivity contribution in [3.8, 4) is 11.8 Å². The van der Waals surface area contributed by atoms with Crippen molar-refractivity contribution < 1.29 is 13.9 Å². The van der Waals surface area contributed by atoms with Crippen LogP contribution in [0.5, 0.6) is 0 Å². The summed E-state index contributed by atoms with van der Waals surface area (Å²) < 4.78 is 19.1. The smallest absolute Gasteiger partial charge is 0.321 e. The Morgan fingerprint density at radius 1 is 1.48 bits per heavy atom. The average molecular weight is 409 g/mol. The van der Waals surface area contributed by atoms with E-state index < -0.39 is 5.82 Å². The highest BCUT2D eigenvalue weighted by atomic mass is 35.5. The van der Waals surface area contributed by atoms with E-state index in [1.165, 1.54) is 30.2 Å². The molecule has 2 aromatic rings. The zero-order valence-corrected chi connectivity index (χ0v) is 16.2. The lowest BCUT2D eigenvalue weighted by Crippen LogP contribution is -2.31. The number of urea groups is 1. The van der Waals surface area contributed by atoms with E-state index in [0.717, 1.165) is 12.8 Å². The molecule has 2 heterocycles. The number of anilines is 1. The SMILES string of the molecule is Cc1nc(NC(=O)NCCOCC2CC2)sc1C#Cc1cc(Cl)ncc1F. The van der Waals surface area contributed by atoms with Gasteiger partial charge in [-0.05, 0) is 37.7 Å². The molecule has 0 saturated heterocycles. The van der Waals surface area contributed by atoms with Gasteiger partial charge in [-0.15, -0.1) is 0 Å². The number of hydrogen-bond acceptors (Lipinski definition) is 5. The molecule has 3 rings (SSSR count). The lowest BCUT2D eigenvalue weighted by molar-refractivity contribution is 0.127. The van der Waals surface area contributed by atoms with E-state index in [1.54, 1.807) is 6.92 Å². The largest absolute Gasteiger partial charge is 0.379 e. The van der Waals surface area contributed by atoms with Crippen LogP contribution in [0.25, 0.3) is 0 Å². The topological polar surface area (TPSA) is 76.1 Å².